The lowest BCUT2D eigenvalue weighted by Crippen LogP contribution is -2.39. The van der Waals surface area contributed by atoms with Gasteiger partial charge in [-0.15, -0.1) is 0 Å². The summed E-state index contributed by atoms with van der Waals surface area (Å²) in [6.45, 7) is 12.3. The van der Waals surface area contributed by atoms with Crippen LogP contribution in [0.25, 0.3) is 0 Å². The van der Waals surface area contributed by atoms with Crippen LogP contribution in [0.5, 0.6) is 0 Å². The first-order valence-electron chi connectivity index (χ1n) is 8.35. The van der Waals surface area contributed by atoms with E-state index in [2.05, 4.69) is 29.5 Å². The number of nitrogens with one attached hydrogen (secondary N) is 2. The fraction of sp³-hybridized carbons (Fsp3) is 0.667. The van der Waals surface area contributed by atoms with E-state index >= 15 is 0 Å². The topological polar surface area (TPSA) is 63.2 Å². The van der Waals surface area contributed by atoms with Gasteiger partial charge >= 0.3 is 6.09 Å². The molecular weight excluding hydrogens is 290 g/mol. The van der Waals surface area contributed by atoms with E-state index in [-0.39, 0.29) is 6.09 Å². The van der Waals surface area contributed by atoms with Crippen LogP contribution >= 0.6 is 0 Å². The number of carbonyl (C=O) groups excluding carboxylic acids is 1. The summed E-state index contributed by atoms with van der Waals surface area (Å²) in [5, 5.41) is 6.32. The molecule has 0 saturated heterocycles. The minimum absolute atomic E-state index is 0.350. The molecule has 5 heteroatoms. The van der Waals surface area contributed by atoms with Gasteiger partial charge in [-0.2, -0.15) is 0 Å². The normalized spacial score (nSPS) is 13.0. The van der Waals surface area contributed by atoms with Gasteiger partial charge in [0, 0.05) is 31.4 Å². The molecule has 0 aromatic carbocycles. The molecule has 1 aromatic rings. The summed E-state index contributed by atoms with van der Waals surface area (Å²) in [6, 6.07) is 5.96. The van der Waals surface area contributed by atoms with Crippen LogP contribution in [0.3, 0.4) is 0 Å². The first-order chi connectivity index (χ1) is 10.8. The second kappa shape index (κ2) is 9.50. The summed E-state index contributed by atoms with van der Waals surface area (Å²) < 4.78 is 5.27. The fourth-order valence-electron chi connectivity index (χ4n) is 2.12. The van der Waals surface area contributed by atoms with Crippen molar-refractivity contribution in [2.75, 3.05) is 19.6 Å². The van der Waals surface area contributed by atoms with Crippen molar-refractivity contribution in [3.8, 4) is 0 Å². The summed E-state index contributed by atoms with van der Waals surface area (Å²) in [5.74, 6) is 0.846. The molecule has 1 atom stereocenters. The Bertz CT molecular complexity index is 455. The number of hydrogen-bond acceptors (Lipinski definition) is 4. The second-order valence-electron chi connectivity index (χ2n) is 7.16. The van der Waals surface area contributed by atoms with E-state index in [1.807, 2.05) is 45.2 Å². The van der Waals surface area contributed by atoms with Crippen molar-refractivity contribution in [2.45, 2.75) is 46.6 Å². The monoisotopic (exact) mass is 321 g/mol. The Balaban J connectivity index is 2.28. The third-order valence-corrected chi connectivity index (χ3v) is 3.54. The van der Waals surface area contributed by atoms with E-state index in [1.165, 1.54) is 0 Å². The lowest BCUT2D eigenvalue weighted by molar-refractivity contribution is 0.0515. The van der Waals surface area contributed by atoms with Crippen molar-refractivity contribution < 1.29 is 9.53 Å². The Morgan fingerprint density at radius 3 is 2.57 bits per heavy atom. The maximum atomic E-state index is 11.7. The van der Waals surface area contributed by atoms with Crippen LogP contribution in [-0.2, 0) is 11.2 Å². The van der Waals surface area contributed by atoms with E-state index in [0.29, 0.717) is 18.4 Å². The molecule has 5 nitrogen and oxygen atoms in total. The average molecular weight is 321 g/mol. The molecule has 1 aromatic heterocycles. The number of carbonyl (C=O) groups is 1. The van der Waals surface area contributed by atoms with Gasteiger partial charge in [-0.3, -0.25) is 4.98 Å². The zero-order chi connectivity index (χ0) is 17.3. The first-order valence-corrected chi connectivity index (χ1v) is 8.35. The van der Waals surface area contributed by atoms with Crippen LogP contribution in [0.2, 0.25) is 0 Å². The van der Waals surface area contributed by atoms with Crippen molar-refractivity contribution in [1.29, 1.82) is 0 Å². The Morgan fingerprint density at radius 1 is 1.26 bits per heavy atom. The summed E-state index contributed by atoms with van der Waals surface area (Å²) in [5.41, 5.74) is 0.631. The lowest BCUT2D eigenvalue weighted by atomic mass is 9.96. The predicted octanol–water partition coefficient (Wildman–Crippen LogP) is 3.01. The average Bonchev–Trinajstić information content (AvgIpc) is 2.45. The molecular formula is C18H31N3O2. The van der Waals surface area contributed by atoms with Gasteiger partial charge in [-0.25, -0.2) is 4.79 Å². The SMILES string of the molecule is CC(C)C(CNCCc1ccccn1)CNC(=O)OC(C)(C)C. The van der Waals surface area contributed by atoms with Gasteiger partial charge in [0.1, 0.15) is 5.60 Å². The molecule has 1 unspecified atom stereocenters. The fourth-order valence-corrected chi connectivity index (χ4v) is 2.12. The van der Waals surface area contributed by atoms with Crippen molar-refractivity contribution >= 4 is 6.09 Å². The van der Waals surface area contributed by atoms with E-state index < -0.39 is 5.60 Å². The highest BCUT2D eigenvalue weighted by Gasteiger charge is 2.18. The van der Waals surface area contributed by atoms with Gasteiger partial charge in [0.2, 0.25) is 0 Å². The molecule has 0 aliphatic carbocycles. The number of amides is 1. The van der Waals surface area contributed by atoms with Crippen molar-refractivity contribution in [2.24, 2.45) is 11.8 Å². The lowest BCUT2D eigenvalue weighted by Gasteiger charge is -2.24. The Hall–Kier alpha value is -1.62. The van der Waals surface area contributed by atoms with Gasteiger partial charge in [0.15, 0.2) is 0 Å². The van der Waals surface area contributed by atoms with E-state index in [9.17, 15) is 4.79 Å². The van der Waals surface area contributed by atoms with Crippen LogP contribution in [0.15, 0.2) is 24.4 Å². The number of rotatable bonds is 8. The Morgan fingerprint density at radius 2 is 2.00 bits per heavy atom. The van der Waals surface area contributed by atoms with Gasteiger partial charge in [0.25, 0.3) is 0 Å². The van der Waals surface area contributed by atoms with Crippen molar-refractivity contribution in [3.63, 3.8) is 0 Å². The standard InChI is InChI=1S/C18H31N3O2/c1-14(2)15(13-21-17(22)23-18(3,4)5)12-19-11-9-16-8-6-7-10-20-16/h6-8,10,14-15,19H,9,11-13H2,1-5H3,(H,21,22). The Kier molecular flexibility index (Phi) is 8.03. The molecule has 0 bridgehead atoms. The zero-order valence-electron chi connectivity index (χ0n) is 15.1. The zero-order valence-corrected chi connectivity index (χ0v) is 15.1. The number of hydrogen-bond donors (Lipinski definition) is 2. The highest BCUT2D eigenvalue weighted by Crippen LogP contribution is 2.10. The number of pyridine rings is 1. The minimum atomic E-state index is -0.460. The maximum Gasteiger partial charge on any atom is 0.407 e. The maximum absolute atomic E-state index is 11.7. The molecule has 130 valence electrons. The molecule has 2 N–H and O–H groups in total. The summed E-state index contributed by atoms with van der Waals surface area (Å²) >= 11 is 0. The van der Waals surface area contributed by atoms with Crippen molar-refractivity contribution in [1.82, 2.24) is 15.6 Å². The third kappa shape index (κ3) is 9.18. The van der Waals surface area contributed by atoms with Crippen LogP contribution in [0.4, 0.5) is 4.79 Å². The number of alkyl carbamates (subject to hydrolysis) is 1. The van der Waals surface area contributed by atoms with Gasteiger partial charge in [-0.1, -0.05) is 19.9 Å². The molecule has 0 spiro atoms. The van der Waals surface area contributed by atoms with Gasteiger partial charge in [-0.05, 0) is 51.3 Å². The third-order valence-electron chi connectivity index (χ3n) is 3.54. The highest BCUT2D eigenvalue weighted by molar-refractivity contribution is 5.67. The number of aromatic nitrogens is 1. The quantitative estimate of drug-likeness (QED) is 0.723. The number of nitrogens with zero attached hydrogens (tertiary/aromatic N) is 1. The van der Waals surface area contributed by atoms with Gasteiger partial charge < -0.3 is 15.4 Å². The molecule has 1 heterocycles. The van der Waals surface area contributed by atoms with Gasteiger partial charge in [0.05, 0.1) is 0 Å². The van der Waals surface area contributed by atoms with Crippen LogP contribution in [0, 0.1) is 11.8 Å². The predicted molar refractivity (Wildman–Crippen MR) is 93.4 cm³/mol. The second-order valence-corrected chi connectivity index (χ2v) is 7.16. The van der Waals surface area contributed by atoms with E-state index in [4.69, 9.17) is 4.74 Å². The molecule has 0 aliphatic rings. The molecule has 1 amide bonds. The van der Waals surface area contributed by atoms with E-state index in [1.54, 1.807) is 0 Å². The van der Waals surface area contributed by atoms with Crippen LogP contribution in [0.1, 0.15) is 40.3 Å². The molecule has 1 rings (SSSR count). The summed E-state index contributed by atoms with van der Waals surface area (Å²) in [7, 11) is 0. The largest absolute Gasteiger partial charge is 0.444 e. The molecule has 0 aliphatic heterocycles. The number of ether oxygens (including phenoxy) is 1. The van der Waals surface area contributed by atoms with Crippen molar-refractivity contribution in [3.05, 3.63) is 30.1 Å². The van der Waals surface area contributed by atoms with Crippen LogP contribution < -0.4 is 10.6 Å². The summed E-state index contributed by atoms with van der Waals surface area (Å²) in [6.07, 6.45) is 2.37. The first kappa shape index (κ1) is 19.4. The van der Waals surface area contributed by atoms with Crippen LogP contribution in [-0.4, -0.2) is 36.3 Å². The smallest absolute Gasteiger partial charge is 0.407 e. The molecule has 0 fully saturated rings. The Labute approximate surface area is 140 Å². The molecule has 23 heavy (non-hydrogen) atoms. The minimum Gasteiger partial charge on any atom is -0.444 e. The highest BCUT2D eigenvalue weighted by atomic mass is 16.6. The summed E-state index contributed by atoms with van der Waals surface area (Å²) in [4.78, 5) is 16.0. The molecule has 0 saturated carbocycles. The molecule has 0 radical (unpaired) electrons. The van der Waals surface area contributed by atoms with E-state index in [0.717, 1.165) is 25.2 Å².